The van der Waals surface area contributed by atoms with E-state index in [0.717, 1.165) is 45.9 Å². The zero-order valence-electron chi connectivity index (χ0n) is 14.0. The molecule has 2 fully saturated rings. The van der Waals surface area contributed by atoms with E-state index < -0.39 is 0 Å². The molecule has 3 rings (SSSR count). The number of carbonyl (C=O) groups excluding carboxylic acids is 1. The van der Waals surface area contributed by atoms with Crippen LogP contribution in [0.25, 0.3) is 0 Å². The fraction of sp³-hybridized carbons (Fsp3) is 0.588. The number of rotatable bonds is 5. The molecule has 2 amide bonds. The lowest BCUT2D eigenvalue weighted by atomic mass is 9.97. The Hall–Kier alpha value is -1.05. The number of anilines is 1. The Labute approximate surface area is 157 Å². The summed E-state index contributed by atoms with van der Waals surface area (Å²) in [6.07, 6.45) is 1.02. The Morgan fingerprint density at radius 2 is 2.04 bits per heavy atom. The number of hydrogen-bond acceptors (Lipinski definition) is 4. The predicted octanol–water partition coefficient (Wildman–Crippen LogP) is 2.85. The van der Waals surface area contributed by atoms with Gasteiger partial charge in [-0.3, -0.25) is 4.90 Å². The van der Waals surface area contributed by atoms with Crippen LogP contribution in [-0.2, 0) is 9.47 Å². The van der Waals surface area contributed by atoms with Gasteiger partial charge in [-0.05, 0) is 24.6 Å². The molecule has 2 unspecified atom stereocenters. The van der Waals surface area contributed by atoms with Gasteiger partial charge in [0, 0.05) is 43.2 Å². The number of hydrogen-bond donors (Lipinski definition) is 2. The van der Waals surface area contributed by atoms with Crippen LogP contribution in [-0.4, -0.2) is 63.0 Å². The van der Waals surface area contributed by atoms with Crippen molar-refractivity contribution in [1.29, 1.82) is 0 Å². The van der Waals surface area contributed by atoms with Gasteiger partial charge >= 0.3 is 6.03 Å². The molecule has 2 aliphatic rings. The average Bonchev–Trinajstić information content (AvgIpc) is 3.14. The van der Waals surface area contributed by atoms with Crippen LogP contribution in [0.5, 0.6) is 0 Å². The maximum Gasteiger partial charge on any atom is 0.319 e. The molecule has 25 heavy (non-hydrogen) atoms. The van der Waals surface area contributed by atoms with Crippen molar-refractivity contribution < 1.29 is 14.3 Å². The molecule has 1 aromatic carbocycles. The van der Waals surface area contributed by atoms with Gasteiger partial charge in [0.2, 0.25) is 0 Å². The van der Waals surface area contributed by atoms with Gasteiger partial charge in [-0.25, -0.2) is 4.79 Å². The highest BCUT2D eigenvalue weighted by atomic mass is 35.5. The molecule has 2 atom stereocenters. The second-order valence-electron chi connectivity index (χ2n) is 6.30. The number of nitrogens with zero attached hydrogens (tertiary/aromatic N) is 1. The van der Waals surface area contributed by atoms with Gasteiger partial charge in [0.25, 0.3) is 0 Å². The molecule has 138 valence electrons. The molecule has 2 N–H and O–H groups in total. The highest BCUT2D eigenvalue weighted by Gasteiger charge is 2.31. The maximum absolute atomic E-state index is 12.3. The van der Waals surface area contributed by atoms with Crippen molar-refractivity contribution in [3.8, 4) is 0 Å². The Morgan fingerprint density at radius 3 is 2.76 bits per heavy atom. The molecule has 0 bridgehead atoms. The predicted molar refractivity (Wildman–Crippen MR) is 98.6 cm³/mol. The second kappa shape index (κ2) is 9.05. The van der Waals surface area contributed by atoms with Crippen molar-refractivity contribution in [1.82, 2.24) is 10.2 Å². The fourth-order valence-electron chi connectivity index (χ4n) is 3.32. The van der Waals surface area contributed by atoms with Crippen molar-refractivity contribution in [2.24, 2.45) is 5.92 Å². The summed E-state index contributed by atoms with van der Waals surface area (Å²) in [5.74, 6) is 0.424. The first-order valence-corrected chi connectivity index (χ1v) is 9.28. The van der Waals surface area contributed by atoms with E-state index in [1.807, 2.05) is 0 Å². The van der Waals surface area contributed by atoms with E-state index in [1.165, 1.54) is 0 Å². The highest BCUT2D eigenvalue weighted by molar-refractivity contribution is 6.35. The zero-order chi connectivity index (χ0) is 17.6. The topological polar surface area (TPSA) is 62.8 Å². The average molecular weight is 388 g/mol. The van der Waals surface area contributed by atoms with E-state index in [1.54, 1.807) is 18.2 Å². The minimum atomic E-state index is -0.290. The Kier molecular flexibility index (Phi) is 6.78. The number of ether oxygens (including phenoxy) is 2. The Balaban J connectivity index is 1.57. The normalized spacial score (nSPS) is 22.6. The number of benzene rings is 1. The summed E-state index contributed by atoms with van der Waals surface area (Å²) >= 11 is 12.0. The van der Waals surface area contributed by atoms with E-state index in [-0.39, 0.29) is 12.1 Å². The summed E-state index contributed by atoms with van der Waals surface area (Å²) in [5.41, 5.74) is 0.499. The molecule has 0 saturated carbocycles. The van der Waals surface area contributed by atoms with Gasteiger partial charge in [0.05, 0.1) is 30.5 Å². The van der Waals surface area contributed by atoms with E-state index in [2.05, 4.69) is 15.5 Å². The minimum absolute atomic E-state index is 0.243. The summed E-state index contributed by atoms with van der Waals surface area (Å²) in [6.45, 7) is 5.30. The van der Waals surface area contributed by atoms with E-state index >= 15 is 0 Å². The van der Waals surface area contributed by atoms with Crippen LogP contribution < -0.4 is 10.6 Å². The SMILES string of the molecule is O=C(NCC(C1CCOC1)N1CCOCC1)Nc1cc(Cl)ccc1Cl. The molecule has 8 heteroatoms. The van der Waals surface area contributed by atoms with Crippen LogP contribution in [0.15, 0.2) is 18.2 Å². The van der Waals surface area contributed by atoms with E-state index in [4.69, 9.17) is 32.7 Å². The van der Waals surface area contributed by atoms with Gasteiger partial charge in [0.15, 0.2) is 0 Å². The lowest BCUT2D eigenvalue weighted by Crippen LogP contribution is -2.52. The first-order valence-electron chi connectivity index (χ1n) is 8.53. The number of halogens is 2. The third kappa shape index (κ3) is 5.21. The standard InChI is InChI=1S/C17H23Cl2N3O3/c18-13-1-2-14(19)15(9-13)21-17(23)20-10-16(12-3-6-25-11-12)22-4-7-24-8-5-22/h1-2,9,12,16H,3-8,10-11H2,(H2,20,21,23). The van der Waals surface area contributed by atoms with Crippen molar-refractivity contribution in [2.75, 3.05) is 51.4 Å². The molecule has 2 heterocycles. The lowest BCUT2D eigenvalue weighted by molar-refractivity contribution is 0.00222. The van der Waals surface area contributed by atoms with E-state index in [0.29, 0.717) is 28.2 Å². The molecule has 0 aliphatic carbocycles. The van der Waals surface area contributed by atoms with Crippen molar-refractivity contribution in [2.45, 2.75) is 12.5 Å². The molecule has 6 nitrogen and oxygen atoms in total. The summed E-state index contributed by atoms with van der Waals surface area (Å²) in [5, 5.41) is 6.70. The Bertz CT molecular complexity index is 591. The molecule has 2 aliphatic heterocycles. The van der Waals surface area contributed by atoms with Crippen LogP contribution >= 0.6 is 23.2 Å². The maximum atomic E-state index is 12.3. The molecule has 0 radical (unpaired) electrons. The van der Waals surface area contributed by atoms with Crippen LogP contribution in [0.3, 0.4) is 0 Å². The number of nitrogens with one attached hydrogen (secondary N) is 2. The minimum Gasteiger partial charge on any atom is -0.381 e. The van der Waals surface area contributed by atoms with Gasteiger partial charge in [0.1, 0.15) is 0 Å². The largest absolute Gasteiger partial charge is 0.381 e. The number of morpholine rings is 1. The zero-order valence-corrected chi connectivity index (χ0v) is 15.5. The van der Waals surface area contributed by atoms with Crippen molar-refractivity contribution in [3.63, 3.8) is 0 Å². The number of urea groups is 1. The van der Waals surface area contributed by atoms with Crippen LogP contribution in [0.1, 0.15) is 6.42 Å². The first kappa shape index (κ1) is 18.7. The van der Waals surface area contributed by atoms with E-state index in [9.17, 15) is 4.79 Å². The molecule has 0 aromatic heterocycles. The fourth-order valence-corrected chi connectivity index (χ4v) is 3.65. The van der Waals surface area contributed by atoms with Gasteiger partial charge in [-0.2, -0.15) is 0 Å². The third-order valence-electron chi connectivity index (χ3n) is 4.67. The lowest BCUT2D eigenvalue weighted by Gasteiger charge is -2.37. The summed E-state index contributed by atoms with van der Waals surface area (Å²) in [4.78, 5) is 14.7. The number of carbonyl (C=O) groups is 1. The molecule has 1 aromatic rings. The highest BCUT2D eigenvalue weighted by Crippen LogP contribution is 2.25. The van der Waals surface area contributed by atoms with Gasteiger partial charge < -0.3 is 20.1 Å². The molecular formula is C17H23Cl2N3O3. The molecular weight excluding hydrogens is 365 g/mol. The van der Waals surface area contributed by atoms with Gasteiger partial charge in [-0.15, -0.1) is 0 Å². The summed E-state index contributed by atoms with van der Waals surface area (Å²) in [7, 11) is 0. The number of amides is 2. The van der Waals surface area contributed by atoms with Crippen molar-refractivity contribution in [3.05, 3.63) is 28.2 Å². The Morgan fingerprint density at radius 1 is 1.24 bits per heavy atom. The van der Waals surface area contributed by atoms with Gasteiger partial charge in [-0.1, -0.05) is 23.2 Å². The summed E-state index contributed by atoms with van der Waals surface area (Å²) in [6, 6.07) is 4.93. The second-order valence-corrected chi connectivity index (χ2v) is 7.14. The third-order valence-corrected chi connectivity index (χ3v) is 5.24. The molecule has 0 spiro atoms. The molecule has 2 saturated heterocycles. The smallest absolute Gasteiger partial charge is 0.319 e. The van der Waals surface area contributed by atoms with Crippen LogP contribution in [0.2, 0.25) is 10.0 Å². The first-order chi connectivity index (χ1) is 12.1. The monoisotopic (exact) mass is 387 g/mol. The summed E-state index contributed by atoms with van der Waals surface area (Å²) < 4.78 is 11.0. The van der Waals surface area contributed by atoms with Crippen LogP contribution in [0.4, 0.5) is 10.5 Å². The van der Waals surface area contributed by atoms with Crippen molar-refractivity contribution >= 4 is 34.9 Å². The quantitative estimate of drug-likeness (QED) is 0.815. The van der Waals surface area contributed by atoms with Crippen LogP contribution in [0, 0.1) is 5.92 Å².